The Balaban J connectivity index is 2.96. The Kier molecular flexibility index (Phi) is 2.41. The van der Waals surface area contributed by atoms with Crippen LogP contribution in [0.25, 0.3) is 0 Å². The van der Waals surface area contributed by atoms with Crippen molar-refractivity contribution in [2.75, 3.05) is 15.7 Å². The Morgan fingerprint density at radius 3 is 2.00 bits per heavy atom. The second-order valence-corrected chi connectivity index (χ2v) is 4.78. The van der Waals surface area contributed by atoms with Gasteiger partial charge >= 0.3 is 74.8 Å². The van der Waals surface area contributed by atoms with E-state index >= 15 is 0 Å². The summed E-state index contributed by atoms with van der Waals surface area (Å²) < 4.78 is 29.3. The molecule has 1 aromatic rings. The first kappa shape index (κ1) is 9.77. The fourth-order valence-electron chi connectivity index (χ4n) is 0.590. The molecule has 0 unspecified atom stereocenters. The Morgan fingerprint density at radius 1 is 1.15 bits per heavy atom. The van der Waals surface area contributed by atoms with Crippen LogP contribution in [0.2, 0.25) is 0 Å². The van der Waals surface area contributed by atoms with Gasteiger partial charge in [0.15, 0.2) is 0 Å². The molecule has 0 atom stereocenters. The first-order valence-electron chi connectivity index (χ1n) is 2.98. The molecule has 1 aromatic heterocycles. The third-order valence-corrected chi connectivity index (χ3v) is 1.95. The molecule has 0 saturated heterocycles. The van der Waals surface area contributed by atoms with Crippen molar-refractivity contribution in [1.82, 2.24) is 15.0 Å². The van der Waals surface area contributed by atoms with Crippen LogP contribution in [0.3, 0.4) is 0 Å². The summed E-state index contributed by atoms with van der Waals surface area (Å²) in [4.78, 5) is 10.2. The Morgan fingerprint density at radius 2 is 1.62 bits per heavy atom. The average molecular weight is 250 g/mol. The summed E-state index contributed by atoms with van der Waals surface area (Å²) in [6.07, 6.45) is 0. The van der Waals surface area contributed by atoms with Gasteiger partial charge in [0.05, 0.1) is 0 Å². The molecule has 0 spiro atoms. The van der Waals surface area contributed by atoms with E-state index in [1.807, 2.05) is 0 Å². The van der Waals surface area contributed by atoms with E-state index in [1.54, 1.807) is 4.23 Å². The summed E-state index contributed by atoms with van der Waals surface area (Å²) in [6, 6.07) is 0. The first-order valence-corrected chi connectivity index (χ1v) is 6.36. The van der Waals surface area contributed by atoms with E-state index in [1.165, 1.54) is 0 Å². The molecule has 0 saturated carbocycles. The zero-order chi connectivity index (χ0) is 10.1. The van der Waals surface area contributed by atoms with Gasteiger partial charge in [-0.05, 0) is 0 Å². The number of nitrogens with zero attached hydrogens (tertiary/aromatic N) is 3. The van der Waals surface area contributed by atoms with Gasteiger partial charge in [0.25, 0.3) is 0 Å². The standard InChI is InChI=1S/C3H7AsN6O3/c5-1-7-2(6)9-3(8-1)10-4(11,12)13/h(H7,5,6,7,8,9,10,11,12,13). The van der Waals surface area contributed by atoms with E-state index in [9.17, 15) is 3.74 Å². The molecule has 0 aromatic carbocycles. The molecule has 0 aliphatic rings. The maximum atomic E-state index is 10.5. The van der Waals surface area contributed by atoms with Gasteiger partial charge in [-0.2, -0.15) is 0 Å². The van der Waals surface area contributed by atoms with E-state index in [-0.39, 0.29) is 17.8 Å². The van der Waals surface area contributed by atoms with Crippen LogP contribution in [0.15, 0.2) is 0 Å². The molecule has 0 bridgehead atoms. The normalized spacial score (nSPS) is 11.2. The predicted octanol–water partition coefficient (Wildman–Crippen LogP) is -2.70. The van der Waals surface area contributed by atoms with Gasteiger partial charge in [-0.25, -0.2) is 0 Å². The van der Waals surface area contributed by atoms with Crippen LogP contribution in [0, 0.1) is 0 Å². The summed E-state index contributed by atoms with van der Waals surface area (Å²) in [5, 5.41) is 0. The summed E-state index contributed by atoms with van der Waals surface area (Å²) in [5.41, 5.74) is 10.3. The van der Waals surface area contributed by atoms with Crippen LogP contribution in [0.5, 0.6) is 0 Å². The number of nitrogen functional groups attached to an aromatic ring is 2. The topological polar surface area (TPSA) is 160 Å². The Labute approximate surface area is 75.4 Å². The van der Waals surface area contributed by atoms with Crippen LogP contribution in [-0.2, 0) is 3.74 Å². The minimum atomic E-state index is -5.02. The molecular formula is C3H7AsN6O3. The van der Waals surface area contributed by atoms with E-state index in [2.05, 4.69) is 15.0 Å². The third kappa shape index (κ3) is 3.28. The van der Waals surface area contributed by atoms with E-state index < -0.39 is 14.4 Å². The molecule has 0 aliphatic heterocycles. The fraction of sp³-hybridized carbons (Fsp3) is 0. The minimum absolute atomic E-state index is 0.209. The molecule has 13 heavy (non-hydrogen) atoms. The summed E-state index contributed by atoms with van der Waals surface area (Å²) in [6.45, 7) is 0. The van der Waals surface area contributed by atoms with Gasteiger partial charge in [-0.1, -0.05) is 0 Å². The number of anilines is 3. The summed E-state index contributed by atoms with van der Waals surface area (Å²) >= 11 is -5.02. The second kappa shape index (κ2) is 3.21. The number of hydrogen-bond donors (Lipinski definition) is 5. The van der Waals surface area contributed by atoms with Crippen molar-refractivity contribution < 1.29 is 11.9 Å². The van der Waals surface area contributed by atoms with E-state index in [4.69, 9.17) is 19.7 Å². The maximum absolute atomic E-state index is 10.5. The van der Waals surface area contributed by atoms with E-state index in [0.717, 1.165) is 0 Å². The monoisotopic (exact) mass is 250 g/mol. The van der Waals surface area contributed by atoms with Crippen molar-refractivity contribution in [2.45, 2.75) is 0 Å². The number of rotatable bonds is 2. The number of nitrogens with two attached hydrogens (primary N) is 2. The van der Waals surface area contributed by atoms with Crippen LogP contribution in [-0.4, -0.2) is 37.5 Å². The molecule has 0 aliphatic carbocycles. The summed E-state index contributed by atoms with van der Waals surface area (Å²) in [5.74, 6) is -0.754. The van der Waals surface area contributed by atoms with Gasteiger partial charge in [-0.15, -0.1) is 0 Å². The quantitative estimate of drug-likeness (QED) is 0.351. The molecule has 72 valence electrons. The van der Waals surface area contributed by atoms with Crippen molar-refractivity contribution in [3.63, 3.8) is 0 Å². The molecule has 7 N–H and O–H groups in total. The zero-order valence-electron chi connectivity index (χ0n) is 6.25. The number of nitrogens with one attached hydrogen (secondary N) is 1. The van der Waals surface area contributed by atoms with Gasteiger partial charge in [0, 0.05) is 0 Å². The van der Waals surface area contributed by atoms with Gasteiger partial charge in [-0.3, -0.25) is 0 Å². The molecule has 9 nitrogen and oxygen atoms in total. The Hall–Kier alpha value is -1.31. The molecule has 10 heteroatoms. The fourth-order valence-corrected chi connectivity index (χ4v) is 1.35. The second-order valence-electron chi connectivity index (χ2n) is 2.03. The molecule has 1 heterocycles. The van der Waals surface area contributed by atoms with Gasteiger partial charge < -0.3 is 0 Å². The number of hydrogen-bond acceptors (Lipinski definition) is 6. The van der Waals surface area contributed by atoms with Crippen LogP contribution >= 0.6 is 0 Å². The van der Waals surface area contributed by atoms with Crippen molar-refractivity contribution in [3.05, 3.63) is 0 Å². The van der Waals surface area contributed by atoms with Gasteiger partial charge in [0.1, 0.15) is 0 Å². The average Bonchev–Trinajstić information content (AvgIpc) is 1.78. The van der Waals surface area contributed by atoms with Crippen LogP contribution < -0.4 is 15.7 Å². The first-order chi connectivity index (χ1) is 5.87. The van der Waals surface area contributed by atoms with Gasteiger partial charge in [0.2, 0.25) is 0 Å². The van der Waals surface area contributed by atoms with Crippen molar-refractivity contribution >= 4 is 32.2 Å². The summed E-state index contributed by atoms with van der Waals surface area (Å²) in [7, 11) is 0. The molecular weight excluding hydrogens is 243 g/mol. The van der Waals surface area contributed by atoms with Crippen molar-refractivity contribution in [2.24, 2.45) is 0 Å². The molecule has 0 fully saturated rings. The molecule has 1 rings (SSSR count). The number of aromatic nitrogens is 3. The third-order valence-electron chi connectivity index (χ3n) is 0.916. The predicted molar refractivity (Wildman–Crippen MR) is 43.2 cm³/mol. The molecule has 0 amide bonds. The van der Waals surface area contributed by atoms with Crippen molar-refractivity contribution in [1.29, 1.82) is 0 Å². The van der Waals surface area contributed by atoms with Crippen LogP contribution in [0.4, 0.5) is 17.8 Å². The van der Waals surface area contributed by atoms with E-state index in [0.29, 0.717) is 0 Å². The van der Waals surface area contributed by atoms with Crippen molar-refractivity contribution in [3.8, 4) is 0 Å². The zero-order valence-corrected chi connectivity index (χ0v) is 8.12. The SMILES string of the molecule is Nc1nc(N)nc(N[As](=O)(O)O)n1. The Bertz CT molecular complexity index is 342. The van der Waals surface area contributed by atoms with Crippen LogP contribution in [0.1, 0.15) is 0 Å². The molecule has 0 radical (unpaired) electrons.